The molecule has 16 nitrogen and oxygen atoms in total. The Morgan fingerprint density at radius 1 is 0.639 bits per heavy atom. The van der Waals surface area contributed by atoms with E-state index in [0.29, 0.717) is 22.6 Å². The van der Waals surface area contributed by atoms with Gasteiger partial charge >= 0.3 is 5.97 Å². The zero-order valence-electron chi connectivity index (χ0n) is 34.5. The number of carbonyl (C=O) groups is 6. The van der Waals surface area contributed by atoms with Crippen molar-refractivity contribution in [1.29, 1.82) is 0 Å². The average Bonchev–Trinajstić information content (AvgIpc) is 3.75. The van der Waals surface area contributed by atoms with E-state index in [9.17, 15) is 39.0 Å². The van der Waals surface area contributed by atoms with Crippen LogP contribution in [0.1, 0.15) is 49.1 Å². The fraction of sp³-hybridized carbons (Fsp3) is 0.386. The van der Waals surface area contributed by atoms with E-state index in [4.69, 9.17) is 5.73 Å². The van der Waals surface area contributed by atoms with Crippen LogP contribution in [0.5, 0.6) is 5.75 Å². The number of amides is 5. The molecule has 1 aromatic heterocycles. The number of nitrogens with one attached hydrogen (secondary N) is 6. The molecule has 3 aromatic carbocycles. The summed E-state index contributed by atoms with van der Waals surface area (Å²) >= 11 is 1.44. The Bertz CT molecular complexity index is 2020. The number of thioether (sulfide) groups is 1. The predicted octanol–water partition coefficient (Wildman–Crippen LogP) is 2.02. The zero-order chi connectivity index (χ0) is 44.3. The van der Waals surface area contributed by atoms with Gasteiger partial charge in [0.25, 0.3) is 0 Å². The van der Waals surface area contributed by atoms with E-state index < -0.39 is 71.8 Å². The molecule has 0 aliphatic carbocycles. The smallest absolute Gasteiger partial charge is 0.326 e. The summed E-state index contributed by atoms with van der Waals surface area (Å²) in [5, 5.41) is 33.1. The van der Waals surface area contributed by atoms with Gasteiger partial charge in [-0.25, -0.2) is 9.78 Å². The number of aromatic hydroxyl groups is 1. The molecule has 0 unspecified atom stereocenters. The van der Waals surface area contributed by atoms with Gasteiger partial charge in [0.15, 0.2) is 0 Å². The van der Waals surface area contributed by atoms with Gasteiger partial charge in [-0.3, -0.25) is 24.0 Å². The van der Waals surface area contributed by atoms with Crippen LogP contribution in [-0.2, 0) is 54.5 Å². The number of nitrogens with two attached hydrogens (primary N) is 1. The van der Waals surface area contributed by atoms with Gasteiger partial charge in [-0.2, -0.15) is 11.8 Å². The maximum Gasteiger partial charge on any atom is 0.326 e. The van der Waals surface area contributed by atoms with Crippen molar-refractivity contribution in [2.24, 2.45) is 11.7 Å². The Morgan fingerprint density at radius 3 is 1.57 bits per heavy atom. The molecule has 0 saturated heterocycles. The quantitative estimate of drug-likeness (QED) is 0.0493. The lowest BCUT2D eigenvalue weighted by molar-refractivity contribution is -0.142. The van der Waals surface area contributed by atoms with Crippen LogP contribution >= 0.6 is 11.8 Å². The molecule has 0 aliphatic heterocycles. The van der Waals surface area contributed by atoms with E-state index in [-0.39, 0.29) is 50.2 Å². The third-order valence-electron chi connectivity index (χ3n) is 9.74. The van der Waals surface area contributed by atoms with Crippen molar-refractivity contribution in [2.75, 3.05) is 12.0 Å². The number of hydrogen-bond donors (Lipinski definition) is 9. The van der Waals surface area contributed by atoms with Crippen LogP contribution in [0.4, 0.5) is 0 Å². The van der Waals surface area contributed by atoms with E-state index in [1.54, 1.807) is 66.7 Å². The lowest BCUT2D eigenvalue weighted by Gasteiger charge is -2.28. The number of aromatic amines is 1. The van der Waals surface area contributed by atoms with Gasteiger partial charge in [0.05, 0.1) is 12.4 Å². The molecule has 0 bridgehead atoms. The van der Waals surface area contributed by atoms with Crippen LogP contribution in [0.25, 0.3) is 0 Å². The minimum atomic E-state index is -1.28. The summed E-state index contributed by atoms with van der Waals surface area (Å²) in [6.45, 7) is 3.71. The summed E-state index contributed by atoms with van der Waals surface area (Å²) < 4.78 is 0. The largest absolute Gasteiger partial charge is 0.508 e. The van der Waals surface area contributed by atoms with Crippen molar-refractivity contribution in [3.63, 3.8) is 0 Å². The topological polar surface area (TPSA) is 258 Å². The molecular weight excluding hydrogens is 801 g/mol. The molecule has 4 rings (SSSR count). The van der Waals surface area contributed by atoms with Crippen LogP contribution in [0, 0.1) is 5.92 Å². The van der Waals surface area contributed by atoms with Gasteiger partial charge < -0.3 is 47.5 Å². The number of nitrogens with zero attached hydrogens (tertiary/aromatic N) is 1. The molecule has 0 saturated carbocycles. The molecule has 10 N–H and O–H groups in total. The number of carboxylic acid groups (broad SMARTS) is 1. The fourth-order valence-electron chi connectivity index (χ4n) is 6.49. The number of H-pyrrole nitrogens is 1. The van der Waals surface area contributed by atoms with Crippen LogP contribution in [0.15, 0.2) is 97.5 Å². The first kappa shape index (κ1) is 47.5. The molecule has 5 amide bonds. The number of benzene rings is 3. The molecule has 326 valence electrons. The number of aliphatic carboxylic acids is 1. The van der Waals surface area contributed by atoms with Gasteiger partial charge in [0.1, 0.15) is 36.0 Å². The van der Waals surface area contributed by atoms with Gasteiger partial charge in [-0.05, 0) is 66.0 Å². The van der Waals surface area contributed by atoms with Gasteiger partial charge in [0.2, 0.25) is 29.5 Å². The maximum atomic E-state index is 14.4. The molecule has 0 fully saturated rings. The average molecular weight is 857 g/mol. The number of carboxylic acids is 1. The van der Waals surface area contributed by atoms with Crippen molar-refractivity contribution >= 4 is 47.3 Å². The van der Waals surface area contributed by atoms with Crippen molar-refractivity contribution in [1.82, 2.24) is 36.6 Å². The third-order valence-corrected chi connectivity index (χ3v) is 10.4. The monoisotopic (exact) mass is 856 g/mol. The number of phenolic OH excluding ortho intramolecular Hbond substituents is 1. The van der Waals surface area contributed by atoms with E-state index in [1.807, 2.05) is 26.2 Å². The van der Waals surface area contributed by atoms with Crippen molar-refractivity contribution in [3.8, 4) is 5.75 Å². The first-order valence-electron chi connectivity index (χ1n) is 20.0. The zero-order valence-corrected chi connectivity index (χ0v) is 35.3. The molecule has 6 atom stereocenters. The summed E-state index contributed by atoms with van der Waals surface area (Å²) in [6, 6.07) is 17.2. The highest BCUT2D eigenvalue weighted by Crippen LogP contribution is 2.13. The van der Waals surface area contributed by atoms with Crippen molar-refractivity contribution < 1.29 is 39.0 Å². The van der Waals surface area contributed by atoms with Gasteiger partial charge in [0, 0.05) is 31.2 Å². The second kappa shape index (κ2) is 24.2. The molecule has 1 heterocycles. The predicted molar refractivity (Wildman–Crippen MR) is 232 cm³/mol. The first-order valence-corrected chi connectivity index (χ1v) is 21.4. The number of rotatable bonds is 24. The highest BCUT2D eigenvalue weighted by atomic mass is 32.2. The Kier molecular flexibility index (Phi) is 18.8. The second-order valence-corrected chi connectivity index (χ2v) is 16.2. The summed E-state index contributed by atoms with van der Waals surface area (Å²) in [5.41, 5.74) is 8.90. The fourth-order valence-corrected chi connectivity index (χ4v) is 6.96. The minimum Gasteiger partial charge on any atom is -0.508 e. The standard InChI is InChI=1S/C44H56N8O8S/c1-27(2)20-35(40(55)48-34(44(59)60)18-19-61-3)50-43(58)38(24-31-25-46-26-47-31)52-42(57)37(23-29-12-8-5-9-13-29)51-41(56)36(22-28-10-6-4-7-11-28)49-39(54)33(45)21-30-14-16-32(53)17-15-30/h4-17,25-27,33-38,53H,18-24,45H2,1-3H3,(H,46,47)(H,48,55)(H,49,54)(H,50,58)(H,51,56)(H,52,57)(H,59,60)/t33-,34-,35-,36+,37-,38+/m0/s1. The SMILES string of the molecule is CSCC[C@H](NC(=O)[C@H](CC(C)C)NC(=O)[C@@H](Cc1cnc[nH]1)NC(=O)[C@H](Cc1ccccc1)NC(=O)[C@@H](Cc1ccccc1)NC(=O)[C@@H](N)Cc1ccc(O)cc1)C(=O)O. The lowest BCUT2D eigenvalue weighted by atomic mass is 10.00. The van der Waals surface area contributed by atoms with Crippen LogP contribution < -0.4 is 32.3 Å². The molecule has 17 heteroatoms. The summed E-state index contributed by atoms with van der Waals surface area (Å²) in [6.07, 6.45) is 5.21. The van der Waals surface area contributed by atoms with Gasteiger partial charge in [-0.15, -0.1) is 0 Å². The van der Waals surface area contributed by atoms with Crippen molar-refractivity contribution in [2.45, 2.75) is 88.6 Å². The van der Waals surface area contributed by atoms with Crippen LogP contribution in [0.2, 0.25) is 0 Å². The van der Waals surface area contributed by atoms with Crippen LogP contribution in [-0.4, -0.2) is 104 Å². The number of carbonyl (C=O) groups excluding carboxylic acids is 5. The normalized spacial score (nSPS) is 14.0. The Hall–Kier alpha value is -6.20. The van der Waals surface area contributed by atoms with Crippen molar-refractivity contribution in [3.05, 3.63) is 120 Å². The number of aromatic nitrogens is 2. The van der Waals surface area contributed by atoms with E-state index in [1.165, 1.54) is 36.4 Å². The molecular formula is C44H56N8O8S. The van der Waals surface area contributed by atoms with E-state index in [2.05, 4.69) is 36.6 Å². The molecule has 4 aromatic rings. The highest BCUT2D eigenvalue weighted by Gasteiger charge is 2.34. The Labute approximate surface area is 359 Å². The Balaban J connectivity index is 1.59. The molecule has 0 spiro atoms. The van der Waals surface area contributed by atoms with E-state index in [0.717, 1.165) is 5.56 Å². The second-order valence-electron chi connectivity index (χ2n) is 15.2. The van der Waals surface area contributed by atoms with E-state index >= 15 is 0 Å². The molecule has 61 heavy (non-hydrogen) atoms. The maximum absolute atomic E-state index is 14.4. The number of imidazole rings is 1. The lowest BCUT2D eigenvalue weighted by Crippen LogP contribution is -2.60. The highest BCUT2D eigenvalue weighted by molar-refractivity contribution is 7.98. The summed E-state index contributed by atoms with van der Waals surface area (Å²) in [7, 11) is 0. The third kappa shape index (κ3) is 16.1. The number of hydrogen-bond acceptors (Lipinski definition) is 10. The Morgan fingerprint density at radius 2 is 1.10 bits per heavy atom. The summed E-state index contributed by atoms with van der Waals surface area (Å²) in [5.74, 6) is -4.13. The minimum absolute atomic E-state index is 0.00812. The summed E-state index contributed by atoms with van der Waals surface area (Å²) in [4.78, 5) is 88.7. The molecule has 0 aliphatic rings. The molecule has 0 radical (unpaired) electrons. The first-order chi connectivity index (χ1) is 29.2. The van der Waals surface area contributed by atoms with Gasteiger partial charge in [-0.1, -0.05) is 86.6 Å². The number of phenols is 1. The van der Waals surface area contributed by atoms with Crippen LogP contribution in [0.3, 0.4) is 0 Å².